The van der Waals surface area contributed by atoms with Gasteiger partial charge in [-0.15, -0.1) is 0 Å². The molecule has 0 atom stereocenters. The van der Waals surface area contributed by atoms with Crippen LogP contribution in [0.2, 0.25) is 10.0 Å². The fourth-order valence-electron chi connectivity index (χ4n) is 3.14. The van der Waals surface area contributed by atoms with Gasteiger partial charge in [-0.05, 0) is 18.2 Å². The molecule has 158 valence electrons. The molecule has 12 heteroatoms. The Kier molecular flexibility index (Phi) is 5.63. The number of carbonyl (C=O) groups excluding carboxylic acids is 1. The highest BCUT2D eigenvalue weighted by molar-refractivity contribution is 6.42. The van der Waals surface area contributed by atoms with Crippen molar-refractivity contribution in [3.8, 4) is 0 Å². The maximum Gasteiger partial charge on any atom is 0.254 e. The van der Waals surface area contributed by atoms with Gasteiger partial charge in [-0.1, -0.05) is 23.2 Å². The van der Waals surface area contributed by atoms with Crippen LogP contribution in [-0.2, 0) is 9.53 Å². The zero-order valence-corrected chi connectivity index (χ0v) is 18.0. The molecule has 1 amide bonds. The summed E-state index contributed by atoms with van der Waals surface area (Å²) in [4.78, 5) is 32.7. The lowest BCUT2D eigenvalue weighted by Crippen LogP contribution is -2.39. The van der Waals surface area contributed by atoms with Crippen LogP contribution in [0.3, 0.4) is 0 Å². The molecule has 3 heterocycles. The lowest BCUT2D eigenvalue weighted by molar-refractivity contribution is -0.115. The first-order chi connectivity index (χ1) is 14.3. The zero-order chi connectivity index (χ0) is 21.4. The molecule has 30 heavy (non-hydrogen) atoms. The van der Waals surface area contributed by atoms with Crippen molar-refractivity contribution in [1.82, 2.24) is 15.0 Å². The predicted octanol–water partition coefficient (Wildman–Crippen LogP) is 1.87. The van der Waals surface area contributed by atoms with E-state index in [2.05, 4.69) is 15.0 Å². The van der Waals surface area contributed by atoms with Gasteiger partial charge >= 0.3 is 0 Å². The van der Waals surface area contributed by atoms with Crippen LogP contribution in [-0.4, -0.2) is 73.8 Å². The van der Waals surface area contributed by atoms with Gasteiger partial charge in [0.2, 0.25) is 23.8 Å². The Hall–Kier alpha value is -2.69. The number of aromatic nitrogens is 3. The number of anilines is 4. The average molecular weight is 451 g/mol. The second-order valence-corrected chi connectivity index (χ2v) is 7.78. The van der Waals surface area contributed by atoms with E-state index in [4.69, 9.17) is 33.3 Å². The largest absolute Gasteiger partial charge is 0.378 e. The second-order valence-electron chi connectivity index (χ2n) is 6.97. The molecular weight excluding hydrogens is 431 g/mol. The third kappa shape index (κ3) is 3.85. The topological polar surface area (TPSA) is 102 Å². The highest BCUT2D eigenvalue weighted by Crippen LogP contribution is 2.30. The molecule has 10 nitrogen and oxygen atoms in total. The number of nitrogens with one attached hydrogen (secondary N) is 1. The molecule has 0 aliphatic carbocycles. The van der Waals surface area contributed by atoms with Crippen molar-refractivity contribution >= 4 is 58.6 Å². The summed E-state index contributed by atoms with van der Waals surface area (Å²) in [6, 6.07) is 4.78. The number of halogens is 2. The third-order valence-electron chi connectivity index (χ3n) is 4.71. The van der Waals surface area contributed by atoms with Crippen LogP contribution in [0.15, 0.2) is 18.2 Å². The summed E-state index contributed by atoms with van der Waals surface area (Å²) in [5.41, 5.74) is 0.456. The van der Waals surface area contributed by atoms with E-state index >= 15 is 0 Å². The van der Waals surface area contributed by atoms with E-state index in [1.807, 2.05) is 19.0 Å². The average Bonchev–Trinajstić information content (AvgIpc) is 3.04. The Morgan fingerprint density at radius 2 is 1.77 bits per heavy atom. The molecule has 4 rings (SSSR count). The van der Waals surface area contributed by atoms with Crippen molar-refractivity contribution in [2.24, 2.45) is 0 Å². The van der Waals surface area contributed by atoms with Crippen molar-refractivity contribution in [3.63, 3.8) is 0 Å². The van der Waals surface area contributed by atoms with Crippen molar-refractivity contribution < 1.29 is 9.53 Å². The molecule has 2 aromatic rings. The van der Waals surface area contributed by atoms with Gasteiger partial charge in [0.05, 0.1) is 28.9 Å². The smallest absolute Gasteiger partial charge is 0.254 e. The number of benzene rings is 1. The van der Waals surface area contributed by atoms with Gasteiger partial charge in [0.15, 0.2) is 0 Å². The summed E-state index contributed by atoms with van der Waals surface area (Å²) in [6.45, 7) is 2.41. The van der Waals surface area contributed by atoms with Crippen molar-refractivity contribution in [1.29, 1.82) is 5.41 Å². The minimum Gasteiger partial charge on any atom is -0.378 e. The second kappa shape index (κ2) is 8.21. The van der Waals surface area contributed by atoms with Crippen LogP contribution in [0.1, 0.15) is 0 Å². The van der Waals surface area contributed by atoms with Crippen LogP contribution in [0.25, 0.3) is 0 Å². The van der Waals surface area contributed by atoms with Crippen LogP contribution < -0.4 is 19.6 Å². The van der Waals surface area contributed by atoms with Crippen molar-refractivity contribution in [3.05, 3.63) is 28.2 Å². The number of amides is 1. The number of morpholine rings is 1. The molecule has 1 N–H and O–H groups in total. The number of nitrogens with zero attached hydrogens (tertiary/aromatic N) is 7. The summed E-state index contributed by atoms with van der Waals surface area (Å²) in [5, 5.41) is 9.27. The van der Waals surface area contributed by atoms with E-state index in [0.717, 1.165) is 0 Å². The molecule has 2 saturated heterocycles. The van der Waals surface area contributed by atoms with Gasteiger partial charge in [0.25, 0.3) is 5.91 Å². The molecule has 0 radical (unpaired) electrons. The number of hydrogen-bond acceptors (Lipinski definition) is 8. The molecule has 2 fully saturated rings. The molecule has 2 aliphatic heterocycles. The number of guanidine groups is 1. The molecule has 0 saturated carbocycles. The SMILES string of the molecule is CN(C)c1nc(N2CCOCC2)nc(N2CC(=O)N(c3ccc(Cl)c(Cl)c3)C2=N)n1. The van der Waals surface area contributed by atoms with E-state index in [9.17, 15) is 4.79 Å². The highest BCUT2D eigenvalue weighted by Gasteiger charge is 2.37. The molecule has 0 unspecified atom stereocenters. The van der Waals surface area contributed by atoms with Crippen molar-refractivity contribution in [2.45, 2.75) is 0 Å². The summed E-state index contributed by atoms with van der Waals surface area (Å²) in [7, 11) is 3.65. The Morgan fingerprint density at radius 1 is 1.07 bits per heavy atom. The van der Waals surface area contributed by atoms with Gasteiger partial charge in [0.1, 0.15) is 6.54 Å². The Bertz CT molecular complexity index is 996. The number of ether oxygens (including phenoxy) is 1. The fraction of sp³-hybridized carbons (Fsp3) is 0.389. The fourth-order valence-corrected chi connectivity index (χ4v) is 3.44. The van der Waals surface area contributed by atoms with Gasteiger partial charge in [0, 0.05) is 27.2 Å². The normalized spacial score (nSPS) is 17.1. The minimum absolute atomic E-state index is 0.0674. The highest BCUT2D eigenvalue weighted by atomic mass is 35.5. The van der Waals surface area contributed by atoms with E-state index < -0.39 is 0 Å². The Labute approximate surface area is 183 Å². The predicted molar refractivity (Wildman–Crippen MR) is 116 cm³/mol. The maximum absolute atomic E-state index is 12.7. The van der Waals surface area contributed by atoms with Gasteiger partial charge in [-0.2, -0.15) is 15.0 Å². The first kappa shape index (κ1) is 20.6. The first-order valence-electron chi connectivity index (χ1n) is 9.25. The van der Waals surface area contributed by atoms with Crippen LogP contribution in [0, 0.1) is 5.41 Å². The molecule has 2 aliphatic rings. The van der Waals surface area contributed by atoms with Crippen molar-refractivity contribution in [2.75, 3.05) is 66.5 Å². The lowest BCUT2D eigenvalue weighted by Gasteiger charge is -2.28. The quantitative estimate of drug-likeness (QED) is 0.752. The summed E-state index contributed by atoms with van der Waals surface area (Å²) >= 11 is 12.1. The molecule has 1 aromatic heterocycles. The summed E-state index contributed by atoms with van der Waals surface area (Å²) in [6.07, 6.45) is 0. The van der Waals surface area contributed by atoms with Gasteiger partial charge < -0.3 is 14.5 Å². The summed E-state index contributed by atoms with van der Waals surface area (Å²) < 4.78 is 5.40. The molecule has 1 aromatic carbocycles. The van der Waals surface area contributed by atoms with E-state index in [1.54, 1.807) is 23.1 Å². The van der Waals surface area contributed by atoms with Gasteiger partial charge in [-0.25, -0.2) is 4.90 Å². The van der Waals surface area contributed by atoms with Crippen LogP contribution >= 0.6 is 23.2 Å². The molecule has 0 bridgehead atoms. The number of hydrogen-bond donors (Lipinski definition) is 1. The maximum atomic E-state index is 12.7. The molecule has 0 spiro atoms. The number of rotatable bonds is 4. The standard InChI is InChI=1S/C18H20Cl2N8O2/c1-25(2)16-22-17(26-5-7-30-8-6-26)24-18(23-16)27-10-14(29)28(15(27)21)11-3-4-12(19)13(20)9-11/h3-4,9,21H,5-8,10H2,1-2H3. The number of carbonyl (C=O) groups is 1. The van der Waals surface area contributed by atoms with E-state index in [-0.39, 0.29) is 24.4 Å². The Morgan fingerprint density at radius 3 is 2.43 bits per heavy atom. The van der Waals surface area contributed by atoms with E-state index in [0.29, 0.717) is 53.9 Å². The zero-order valence-electron chi connectivity index (χ0n) is 16.5. The monoisotopic (exact) mass is 450 g/mol. The van der Waals surface area contributed by atoms with Gasteiger partial charge in [-0.3, -0.25) is 15.1 Å². The van der Waals surface area contributed by atoms with Crippen LogP contribution in [0.4, 0.5) is 23.5 Å². The first-order valence-corrected chi connectivity index (χ1v) is 10.0. The third-order valence-corrected chi connectivity index (χ3v) is 5.45. The Balaban J connectivity index is 1.69. The minimum atomic E-state index is -0.293. The van der Waals surface area contributed by atoms with E-state index in [1.165, 1.54) is 9.80 Å². The van der Waals surface area contributed by atoms with Crippen LogP contribution in [0.5, 0.6) is 0 Å². The molecular formula is C18H20Cl2N8O2. The summed E-state index contributed by atoms with van der Waals surface area (Å²) in [5.74, 6) is 0.798. The lowest BCUT2D eigenvalue weighted by atomic mass is 10.3.